The van der Waals surface area contributed by atoms with E-state index in [1.165, 1.54) is 39.1 Å². The van der Waals surface area contributed by atoms with Gasteiger partial charge in [-0.2, -0.15) is 0 Å². The quantitative estimate of drug-likeness (QED) is 0.833. The predicted molar refractivity (Wildman–Crippen MR) is 81.6 cm³/mol. The lowest BCUT2D eigenvalue weighted by Gasteiger charge is -2.25. The van der Waals surface area contributed by atoms with Crippen LogP contribution in [0.1, 0.15) is 30.1 Å². The molecule has 1 aliphatic carbocycles. The Hall–Kier alpha value is -1.40. The molecule has 0 aliphatic heterocycles. The minimum atomic E-state index is -3.45. The number of carbonyl (C=O) groups excluding carboxylic acids is 1. The normalized spacial score (nSPS) is 16.8. The van der Waals surface area contributed by atoms with Gasteiger partial charge in [0.05, 0.1) is 4.90 Å². The SMILES string of the molecule is CC(C1CC1)N(C)C(=O)c1ccc(S(=O)(=O)N(C)C)cc1. The Kier molecular flexibility index (Phi) is 4.39. The zero-order valence-corrected chi connectivity index (χ0v) is 13.7. The van der Waals surface area contributed by atoms with Crippen molar-refractivity contribution in [1.82, 2.24) is 9.21 Å². The average Bonchev–Trinajstić information content (AvgIpc) is 3.29. The van der Waals surface area contributed by atoms with Gasteiger partial charge in [0.2, 0.25) is 10.0 Å². The summed E-state index contributed by atoms with van der Waals surface area (Å²) in [5.74, 6) is 0.538. The Morgan fingerprint density at radius 2 is 1.67 bits per heavy atom. The number of carbonyl (C=O) groups is 1. The van der Waals surface area contributed by atoms with Gasteiger partial charge in [-0.15, -0.1) is 0 Å². The first-order chi connectivity index (χ1) is 9.75. The highest BCUT2D eigenvalue weighted by Crippen LogP contribution is 2.35. The Labute approximate surface area is 126 Å². The van der Waals surface area contributed by atoms with Gasteiger partial charge >= 0.3 is 0 Å². The molecule has 0 heterocycles. The molecule has 1 fully saturated rings. The van der Waals surface area contributed by atoms with Gasteiger partial charge in [0.15, 0.2) is 0 Å². The molecule has 1 aromatic carbocycles. The number of nitrogens with zero attached hydrogens (tertiary/aromatic N) is 2. The van der Waals surface area contributed by atoms with Gasteiger partial charge in [-0.1, -0.05) is 0 Å². The van der Waals surface area contributed by atoms with E-state index in [1.807, 2.05) is 0 Å². The minimum Gasteiger partial charge on any atom is -0.339 e. The summed E-state index contributed by atoms with van der Waals surface area (Å²) in [4.78, 5) is 14.3. The van der Waals surface area contributed by atoms with Crippen LogP contribution in [0.3, 0.4) is 0 Å². The molecule has 1 atom stereocenters. The molecular formula is C15H22N2O3S. The summed E-state index contributed by atoms with van der Waals surface area (Å²) in [5.41, 5.74) is 0.516. The summed E-state index contributed by atoms with van der Waals surface area (Å²) >= 11 is 0. The summed E-state index contributed by atoms with van der Waals surface area (Å²) in [5, 5.41) is 0. The first-order valence-electron chi connectivity index (χ1n) is 7.05. The van der Waals surface area contributed by atoms with E-state index in [0.29, 0.717) is 11.5 Å². The van der Waals surface area contributed by atoms with E-state index in [2.05, 4.69) is 6.92 Å². The lowest BCUT2D eigenvalue weighted by atomic mass is 10.1. The molecule has 0 N–H and O–H groups in total. The largest absolute Gasteiger partial charge is 0.339 e. The summed E-state index contributed by atoms with van der Waals surface area (Å²) < 4.78 is 25.1. The van der Waals surface area contributed by atoms with Crippen LogP contribution in [0, 0.1) is 5.92 Å². The van der Waals surface area contributed by atoms with Crippen molar-refractivity contribution >= 4 is 15.9 Å². The maximum Gasteiger partial charge on any atom is 0.253 e. The second-order valence-corrected chi connectivity index (χ2v) is 7.96. The molecule has 0 radical (unpaired) electrons. The maximum atomic E-state index is 12.4. The predicted octanol–water partition coefficient (Wildman–Crippen LogP) is 1.81. The van der Waals surface area contributed by atoms with Gasteiger partial charge in [-0.25, -0.2) is 12.7 Å². The lowest BCUT2D eigenvalue weighted by Crippen LogP contribution is -2.36. The number of hydrogen-bond donors (Lipinski definition) is 0. The number of benzene rings is 1. The van der Waals surface area contributed by atoms with Crippen molar-refractivity contribution < 1.29 is 13.2 Å². The summed E-state index contributed by atoms with van der Waals surface area (Å²) in [6.45, 7) is 2.06. The molecule has 1 saturated carbocycles. The van der Waals surface area contributed by atoms with Gasteiger partial charge in [-0.3, -0.25) is 4.79 Å². The zero-order chi connectivity index (χ0) is 15.8. The van der Waals surface area contributed by atoms with Crippen LogP contribution in [0.25, 0.3) is 0 Å². The van der Waals surface area contributed by atoms with Crippen LogP contribution in [0.15, 0.2) is 29.2 Å². The zero-order valence-electron chi connectivity index (χ0n) is 12.9. The molecule has 0 bridgehead atoms. The summed E-state index contributed by atoms with van der Waals surface area (Å²) in [7, 11) is 1.32. The number of rotatable bonds is 5. The van der Waals surface area contributed by atoms with Crippen LogP contribution < -0.4 is 0 Å². The van der Waals surface area contributed by atoms with Crippen molar-refractivity contribution in [1.29, 1.82) is 0 Å². The highest BCUT2D eigenvalue weighted by Gasteiger charge is 2.32. The maximum absolute atomic E-state index is 12.4. The van der Waals surface area contributed by atoms with Gasteiger partial charge in [0.1, 0.15) is 0 Å². The molecule has 116 valence electrons. The van der Waals surface area contributed by atoms with Crippen molar-refractivity contribution in [2.45, 2.75) is 30.7 Å². The third kappa shape index (κ3) is 3.27. The van der Waals surface area contributed by atoms with E-state index >= 15 is 0 Å². The molecule has 0 spiro atoms. The smallest absolute Gasteiger partial charge is 0.253 e. The van der Waals surface area contributed by atoms with Gasteiger partial charge in [0.25, 0.3) is 5.91 Å². The van der Waals surface area contributed by atoms with Crippen LogP contribution in [-0.2, 0) is 10.0 Å². The molecule has 2 rings (SSSR count). The van der Waals surface area contributed by atoms with Gasteiger partial charge in [-0.05, 0) is 49.9 Å². The van der Waals surface area contributed by atoms with Crippen LogP contribution in [0.2, 0.25) is 0 Å². The molecule has 21 heavy (non-hydrogen) atoms. The van der Waals surface area contributed by atoms with E-state index in [0.717, 1.165) is 4.31 Å². The van der Waals surface area contributed by atoms with Crippen LogP contribution in [0.4, 0.5) is 0 Å². The third-order valence-corrected chi connectivity index (χ3v) is 5.94. The van der Waals surface area contributed by atoms with E-state index in [1.54, 1.807) is 24.1 Å². The molecule has 1 aromatic rings. The molecule has 0 saturated heterocycles. The highest BCUT2D eigenvalue weighted by atomic mass is 32.2. The number of sulfonamides is 1. The first kappa shape index (κ1) is 16.0. The molecule has 5 nitrogen and oxygen atoms in total. The Morgan fingerprint density at radius 3 is 2.10 bits per heavy atom. The standard InChI is InChI=1S/C15H22N2O3S/c1-11(12-5-6-12)17(4)15(18)13-7-9-14(10-8-13)21(19,20)16(2)3/h7-12H,5-6H2,1-4H3. The molecule has 6 heteroatoms. The monoisotopic (exact) mass is 310 g/mol. The molecule has 1 aliphatic rings. The van der Waals surface area contributed by atoms with Crippen molar-refractivity contribution in [2.24, 2.45) is 5.92 Å². The fraction of sp³-hybridized carbons (Fsp3) is 0.533. The van der Waals surface area contributed by atoms with E-state index < -0.39 is 10.0 Å². The highest BCUT2D eigenvalue weighted by molar-refractivity contribution is 7.89. The van der Waals surface area contributed by atoms with E-state index in [9.17, 15) is 13.2 Å². The fourth-order valence-corrected chi connectivity index (χ4v) is 3.17. The topological polar surface area (TPSA) is 57.7 Å². The number of amides is 1. The van der Waals surface area contributed by atoms with E-state index in [-0.39, 0.29) is 16.8 Å². The summed E-state index contributed by atoms with van der Waals surface area (Å²) in [6.07, 6.45) is 2.36. The first-order valence-corrected chi connectivity index (χ1v) is 8.49. The van der Waals surface area contributed by atoms with Crippen LogP contribution in [-0.4, -0.2) is 50.7 Å². The molecular weight excluding hydrogens is 288 g/mol. The molecule has 1 amide bonds. The summed E-state index contributed by atoms with van der Waals surface area (Å²) in [6, 6.07) is 6.35. The number of hydrogen-bond acceptors (Lipinski definition) is 3. The second-order valence-electron chi connectivity index (χ2n) is 5.81. The van der Waals surface area contributed by atoms with Crippen molar-refractivity contribution in [2.75, 3.05) is 21.1 Å². The van der Waals surface area contributed by atoms with Crippen molar-refractivity contribution in [3.63, 3.8) is 0 Å². The lowest BCUT2D eigenvalue weighted by molar-refractivity contribution is 0.0727. The van der Waals surface area contributed by atoms with E-state index in [4.69, 9.17) is 0 Å². The van der Waals surface area contributed by atoms with Gasteiger partial charge in [0, 0.05) is 32.7 Å². The van der Waals surface area contributed by atoms with Crippen LogP contribution in [0.5, 0.6) is 0 Å². The Bertz CT molecular complexity index is 619. The Balaban J connectivity index is 2.17. The Morgan fingerprint density at radius 1 is 1.14 bits per heavy atom. The third-order valence-electron chi connectivity index (χ3n) is 4.12. The van der Waals surface area contributed by atoms with Crippen molar-refractivity contribution in [3.8, 4) is 0 Å². The second kappa shape index (κ2) is 5.77. The fourth-order valence-electron chi connectivity index (χ4n) is 2.26. The molecule has 0 aromatic heterocycles. The average molecular weight is 310 g/mol. The van der Waals surface area contributed by atoms with Gasteiger partial charge < -0.3 is 4.90 Å². The minimum absolute atomic E-state index is 0.0665. The van der Waals surface area contributed by atoms with Crippen molar-refractivity contribution in [3.05, 3.63) is 29.8 Å². The molecule has 1 unspecified atom stereocenters. The van der Waals surface area contributed by atoms with Crippen LogP contribution >= 0.6 is 0 Å².